The number of sulfone groups is 1. The Bertz CT molecular complexity index is 1540. The molecule has 0 atom stereocenters. The fourth-order valence-electron chi connectivity index (χ4n) is 2.93. The van der Waals surface area contributed by atoms with E-state index in [-0.39, 0.29) is 35.0 Å². The molecule has 0 spiro atoms. The molecule has 20 heteroatoms. The molecule has 2 aromatic carbocycles. The number of nitro benzene ring substituents is 1. The highest BCUT2D eigenvalue weighted by molar-refractivity contribution is 7.92. The Kier molecular flexibility index (Phi) is 7.06. The van der Waals surface area contributed by atoms with Crippen LogP contribution in [0, 0.1) is 10.1 Å². The molecule has 0 aliphatic rings. The van der Waals surface area contributed by atoms with Gasteiger partial charge < -0.3 is 9.84 Å². The van der Waals surface area contributed by atoms with Crippen molar-refractivity contribution >= 4 is 21.5 Å². The summed E-state index contributed by atoms with van der Waals surface area (Å²) in [5, 5.41) is 23.9. The van der Waals surface area contributed by atoms with Gasteiger partial charge in [0.15, 0.2) is 5.69 Å². The van der Waals surface area contributed by atoms with E-state index in [2.05, 4.69) is 5.10 Å². The van der Waals surface area contributed by atoms with Crippen LogP contribution in [-0.2, 0) is 22.2 Å². The second-order valence-corrected chi connectivity index (χ2v) is 9.23. The fourth-order valence-corrected chi connectivity index (χ4v) is 3.71. The Morgan fingerprint density at radius 2 is 1.46 bits per heavy atom. The highest BCUT2D eigenvalue weighted by atomic mass is 32.2. The van der Waals surface area contributed by atoms with E-state index >= 15 is 0 Å². The van der Waals surface area contributed by atoms with Gasteiger partial charge in [-0.05, 0) is 30.3 Å². The van der Waals surface area contributed by atoms with Crippen molar-refractivity contribution in [2.75, 3.05) is 0 Å². The Labute approximate surface area is 208 Å². The SMILES string of the molecule is O=C(O)c1cc(Oc2ccc(S(=O)(=O)C(F)(F)F)cc2[N+](=O)[O-])n(-c2cc(C(F)(F)F)cc(C(F)(F)F)c2)n1. The Hall–Kier alpha value is -4.36. The first-order valence-corrected chi connectivity index (χ1v) is 11.0. The average molecular weight is 593 g/mol. The van der Waals surface area contributed by atoms with Gasteiger partial charge in [-0.15, -0.1) is 0 Å². The molecule has 3 aromatic rings. The minimum Gasteiger partial charge on any atom is -0.476 e. The van der Waals surface area contributed by atoms with Crippen molar-refractivity contribution in [3.63, 3.8) is 0 Å². The van der Waals surface area contributed by atoms with Gasteiger partial charge in [0.05, 0.1) is 26.6 Å². The van der Waals surface area contributed by atoms with Crippen molar-refractivity contribution in [3.05, 3.63) is 69.4 Å². The van der Waals surface area contributed by atoms with Gasteiger partial charge in [0.2, 0.25) is 11.6 Å². The van der Waals surface area contributed by atoms with Crippen LogP contribution in [0.3, 0.4) is 0 Å². The van der Waals surface area contributed by atoms with Gasteiger partial charge >= 0.3 is 29.5 Å². The molecule has 0 radical (unpaired) electrons. The van der Waals surface area contributed by atoms with Crippen LogP contribution >= 0.6 is 0 Å². The second kappa shape index (κ2) is 9.43. The van der Waals surface area contributed by atoms with Crippen molar-refractivity contribution < 1.29 is 67.5 Å². The molecule has 0 aliphatic heterocycles. The van der Waals surface area contributed by atoms with Crippen LogP contribution in [0.15, 0.2) is 47.4 Å². The molecule has 1 N–H and O–H groups in total. The van der Waals surface area contributed by atoms with Gasteiger partial charge in [-0.1, -0.05) is 0 Å². The molecule has 1 aromatic heterocycles. The van der Waals surface area contributed by atoms with Crippen molar-refractivity contribution in [1.29, 1.82) is 0 Å². The highest BCUT2D eigenvalue weighted by Crippen LogP contribution is 2.40. The third-order valence-corrected chi connectivity index (χ3v) is 6.15. The molecule has 0 amide bonds. The average Bonchev–Trinajstić information content (AvgIpc) is 3.21. The van der Waals surface area contributed by atoms with E-state index in [1.54, 1.807) is 0 Å². The third kappa shape index (κ3) is 5.89. The Balaban J connectivity index is 2.24. The zero-order chi connectivity index (χ0) is 29.7. The monoisotopic (exact) mass is 593 g/mol. The largest absolute Gasteiger partial charge is 0.501 e. The van der Waals surface area contributed by atoms with Crippen LogP contribution in [0.2, 0.25) is 0 Å². The summed E-state index contributed by atoms with van der Waals surface area (Å²) < 4.78 is 146. The standard InChI is InChI=1S/C19H8F9N3O7S/c20-17(21,22)8-3-9(18(23,24)25)5-10(4-8)30-15(7-12(29-30)16(32)33)38-14-2-1-11(6-13(14)31(34)35)39(36,37)19(26,27)28/h1-7H,(H,32,33). The number of rotatable bonds is 6. The molecular weight excluding hydrogens is 585 g/mol. The lowest BCUT2D eigenvalue weighted by molar-refractivity contribution is -0.385. The van der Waals surface area contributed by atoms with E-state index in [0.29, 0.717) is 12.1 Å². The summed E-state index contributed by atoms with van der Waals surface area (Å²) in [6.45, 7) is 0. The normalized spacial score (nSPS) is 12.8. The van der Waals surface area contributed by atoms with E-state index in [0.717, 1.165) is 0 Å². The number of benzene rings is 2. The maximum Gasteiger partial charge on any atom is 0.501 e. The molecule has 0 saturated heterocycles. The van der Waals surface area contributed by atoms with Crippen LogP contribution in [0.5, 0.6) is 11.6 Å². The first kappa shape index (κ1) is 29.2. The number of carboxylic acid groups (broad SMARTS) is 1. The summed E-state index contributed by atoms with van der Waals surface area (Å²) in [5.41, 5.74) is -13.1. The lowest BCUT2D eigenvalue weighted by atomic mass is 10.1. The maximum absolute atomic E-state index is 13.3. The molecule has 0 unspecified atom stereocenters. The number of hydrogen-bond acceptors (Lipinski definition) is 7. The first-order valence-electron chi connectivity index (χ1n) is 9.54. The van der Waals surface area contributed by atoms with Crippen molar-refractivity contribution in [3.8, 4) is 17.3 Å². The van der Waals surface area contributed by atoms with Crippen LogP contribution in [0.25, 0.3) is 5.69 Å². The van der Waals surface area contributed by atoms with Gasteiger partial charge in [0, 0.05) is 12.1 Å². The number of halogens is 9. The van der Waals surface area contributed by atoms with Crippen LogP contribution in [-0.4, -0.2) is 39.7 Å². The predicted molar refractivity (Wildman–Crippen MR) is 107 cm³/mol. The van der Waals surface area contributed by atoms with Crippen molar-refractivity contribution in [1.82, 2.24) is 9.78 Å². The highest BCUT2D eigenvalue weighted by Gasteiger charge is 2.47. The summed E-state index contributed by atoms with van der Waals surface area (Å²) in [5.74, 6) is -3.97. The lowest BCUT2D eigenvalue weighted by Crippen LogP contribution is -2.23. The van der Waals surface area contributed by atoms with Gasteiger partial charge in [0.1, 0.15) is 0 Å². The number of aromatic nitrogens is 2. The quantitative estimate of drug-likeness (QED) is 0.221. The van der Waals surface area contributed by atoms with E-state index in [9.17, 15) is 67.9 Å². The van der Waals surface area contributed by atoms with Crippen molar-refractivity contribution in [2.24, 2.45) is 0 Å². The number of nitrogens with zero attached hydrogens (tertiary/aromatic N) is 3. The van der Waals surface area contributed by atoms with Crippen LogP contribution < -0.4 is 4.74 Å². The molecule has 39 heavy (non-hydrogen) atoms. The molecule has 0 saturated carbocycles. The summed E-state index contributed by atoms with van der Waals surface area (Å²) in [7, 11) is -6.09. The molecule has 10 nitrogen and oxygen atoms in total. The minimum absolute atomic E-state index is 0.0665. The summed E-state index contributed by atoms with van der Waals surface area (Å²) in [6.07, 6.45) is -10.7. The van der Waals surface area contributed by atoms with Crippen LogP contribution in [0.4, 0.5) is 45.2 Å². The van der Waals surface area contributed by atoms with Gasteiger partial charge in [-0.25, -0.2) is 13.2 Å². The maximum atomic E-state index is 13.3. The number of carboxylic acids is 1. The second-order valence-electron chi connectivity index (χ2n) is 7.29. The van der Waals surface area contributed by atoms with E-state index < -0.39 is 83.3 Å². The topological polar surface area (TPSA) is 142 Å². The first-order chi connectivity index (χ1) is 17.6. The number of ether oxygens (including phenoxy) is 1. The Morgan fingerprint density at radius 3 is 1.90 bits per heavy atom. The summed E-state index contributed by atoms with van der Waals surface area (Å²) in [6, 6.07) is 0.902. The number of carbonyl (C=O) groups is 1. The molecule has 0 fully saturated rings. The summed E-state index contributed by atoms with van der Waals surface area (Å²) >= 11 is 0. The summed E-state index contributed by atoms with van der Waals surface area (Å²) in [4.78, 5) is 19.8. The van der Waals surface area contributed by atoms with Gasteiger partial charge in [-0.3, -0.25) is 10.1 Å². The Morgan fingerprint density at radius 1 is 0.923 bits per heavy atom. The minimum atomic E-state index is -6.09. The molecule has 3 rings (SSSR count). The number of nitro groups is 1. The van der Waals surface area contributed by atoms with Gasteiger partial charge in [0.25, 0.3) is 9.84 Å². The molecule has 0 aliphatic carbocycles. The van der Waals surface area contributed by atoms with E-state index in [1.807, 2.05) is 0 Å². The zero-order valence-corrected chi connectivity index (χ0v) is 18.9. The molecule has 210 valence electrons. The molecular formula is C19H8F9N3O7S. The predicted octanol–water partition coefficient (Wildman–Crippen LogP) is 5.60. The zero-order valence-electron chi connectivity index (χ0n) is 18.1. The smallest absolute Gasteiger partial charge is 0.476 e. The van der Waals surface area contributed by atoms with Gasteiger partial charge in [-0.2, -0.15) is 49.3 Å². The molecule has 1 heterocycles. The molecule has 0 bridgehead atoms. The third-order valence-electron chi connectivity index (χ3n) is 4.67. The van der Waals surface area contributed by atoms with Crippen LogP contribution in [0.1, 0.15) is 21.6 Å². The number of hydrogen-bond donors (Lipinski definition) is 1. The number of aromatic carboxylic acids is 1. The van der Waals surface area contributed by atoms with E-state index in [1.165, 1.54) is 0 Å². The van der Waals surface area contributed by atoms with E-state index in [4.69, 9.17) is 4.74 Å². The van der Waals surface area contributed by atoms with Crippen molar-refractivity contribution in [2.45, 2.75) is 22.8 Å². The fraction of sp³-hybridized carbons (Fsp3) is 0.158. The lowest BCUT2D eigenvalue weighted by Gasteiger charge is -2.15. The number of alkyl halides is 9.